The van der Waals surface area contributed by atoms with Gasteiger partial charge in [-0.05, 0) is 62.1 Å². The van der Waals surface area contributed by atoms with Gasteiger partial charge in [-0.2, -0.15) is 0 Å². The van der Waals surface area contributed by atoms with Crippen LogP contribution in [-0.4, -0.2) is 28.2 Å². The molecule has 0 saturated carbocycles. The van der Waals surface area contributed by atoms with E-state index in [9.17, 15) is 22.0 Å². The van der Waals surface area contributed by atoms with Crippen molar-refractivity contribution in [1.82, 2.24) is 4.72 Å². The summed E-state index contributed by atoms with van der Waals surface area (Å²) in [5, 5.41) is 0. The molecule has 1 aromatic heterocycles. The third-order valence-corrected chi connectivity index (χ3v) is 7.35. The molecule has 0 radical (unpaired) electrons. The molecular weight excluding hydrogens is 432 g/mol. The monoisotopic (exact) mass is 459 g/mol. The summed E-state index contributed by atoms with van der Waals surface area (Å²) in [5.41, 5.74) is 0. The lowest BCUT2D eigenvalue weighted by Crippen LogP contribution is -2.28. The van der Waals surface area contributed by atoms with Crippen molar-refractivity contribution in [3.8, 4) is 0 Å². The zero-order chi connectivity index (χ0) is 22.0. The standard InChI is InChI=1S/C21H27F2NO4S2/c1-28-21(25)8-5-6-17-11-14-20(29-17)19(7-3-2-4-15-22)24-30(26,27)18-12-9-16(23)10-13-18/h9-14,19,24H,2-8,15H2,1H3. The summed E-state index contributed by atoms with van der Waals surface area (Å²) in [6, 6.07) is 8.02. The number of unbranched alkanes of at least 4 members (excludes halogenated alkanes) is 2. The van der Waals surface area contributed by atoms with E-state index in [1.54, 1.807) is 0 Å². The average Bonchev–Trinajstić information content (AvgIpc) is 3.19. The number of hydrogen-bond donors (Lipinski definition) is 1. The number of halogens is 2. The molecule has 5 nitrogen and oxygen atoms in total. The van der Waals surface area contributed by atoms with Crippen LogP contribution in [0.15, 0.2) is 41.3 Å². The molecular formula is C21H27F2NO4S2. The quantitative estimate of drug-likeness (QED) is 0.340. The molecule has 1 unspecified atom stereocenters. The van der Waals surface area contributed by atoms with E-state index < -0.39 is 28.6 Å². The van der Waals surface area contributed by atoms with E-state index in [4.69, 9.17) is 0 Å². The fourth-order valence-corrected chi connectivity index (χ4v) is 5.44. The van der Waals surface area contributed by atoms with Gasteiger partial charge in [-0.1, -0.05) is 12.8 Å². The number of esters is 1. The van der Waals surface area contributed by atoms with E-state index in [0.717, 1.165) is 21.9 Å². The van der Waals surface area contributed by atoms with E-state index >= 15 is 0 Å². The lowest BCUT2D eigenvalue weighted by molar-refractivity contribution is -0.140. The second-order valence-electron chi connectivity index (χ2n) is 6.90. The first-order valence-electron chi connectivity index (χ1n) is 9.85. The first-order valence-corrected chi connectivity index (χ1v) is 12.1. The van der Waals surface area contributed by atoms with E-state index in [2.05, 4.69) is 9.46 Å². The second kappa shape index (κ2) is 12.1. The highest BCUT2D eigenvalue weighted by Gasteiger charge is 2.22. The number of nitrogens with one attached hydrogen (secondary N) is 1. The van der Waals surface area contributed by atoms with Crippen LogP contribution < -0.4 is 4.72 Å². The van der Waals surface area contributed by atoms with Gasteiger partial charge >= 0.3 is 5.97 Å². The number of aryl methyl sites for hydroxylation is 1. The number of hydrogen-bond acceptors (Lipinski definition) is 5. The van der Waals surface area contributed by atoms with Crippen LogP contribution >= 0.6 is 11.3 Å². The van der Waals surface area contributed by atoms with E-state index in [-0.39, 0.29) is 10.9 Å². The van der Waals surface area contributed by atoms with Gasteiger partial charge in [0, 0.05) is 16.2 Å². The summed E-state index contributed by atoms with van der Waals surface area (Å²) >= 11 is 1.49. The zero-order valence-electron chi connectivity index (χ0n) is 16.9. The number of sulfonamides is 1. The maximum Gasteiger partial charge on any atom is 0.305 e. The van der Waals surface area contributed by atoms with Crippen molar-refractivity contribution in [2.24, 2.45) is 0 Å². The van der Waals surface area contributed by atoms with Gasteiger partial charge in [-0.3, -0.25) is 9.18 Å². The molecule has 1 heterocycles. The molecule has 1 N–H and O–H groups in total. The molecule has 2 rings (SSSR count). The number of rotatable bonds is 13. The molecule has 0 spiro atoms. The molecule has 0 fully saturated rings. The highest BCUT2D eigenvalue weighted by molar-refractivity contribution is 7.89. The minimum absolute atomic E-state index is 0.00693. The number of carbonyl (C=O) groups is 1. The predicted molar refractivity (Wildman–Crippen MR) is 113 cm³/mol. The number of ether oxygens (including phenoxy) is 1. The smallest absolute Gasteiger partial charge is 0.305 e. The van der Waals surface area contributed by atoms with E-state index in [1.165, 1.54) is 30.6 Å². The third kappa shape index (κ3) is 7.77. The fourth-order valence-electron chi connectivity index (χ4n) is 2.97. The summed E-state index contributed by atoms with van der Waals surface area (Å²) in [4.78, 5) is 13.1. The molecule has 9 heteroatoms. The normalized spacial score (nSPS) is 12.6. The van der Waals surface area contributed by atoms with Crippen LogP contribution in [0.2, 0.25) is 0 Å². The molecule has 0 amide bonds. The average molecular weight is 460 g/mol. The van der Waals surface area contributed by atoms with Gasteiger partial charge in [-0.15, -0.1) is 11.3 Å². The Morgan fingerprint density at radius 2 is 1.83 bits per heavy atom. The van der Waals surface area contributed by atoms with Crippen molar-refractivity contribution in [3.63, 3.8) is 0 Å². The van der Waals surface area contributed by atoms with Crippen LogP contribution in [0.5, 0.6) is 0 Å². The minimum Gasteiger partial charge on any atom is -0.469 e. The molecule has 2 aromatic rings. The highest BCUT2D eigenvalue weighted by atomic mass is 32.2. The number of thiophene rings is 1. The van der Waals surface area contributed by atoms with E-state index in [1.807, 2.05) is 12.1 Å². The van der Waals surface area contributed by atoms with Crippen molar-refractivity contribution in [3.05, 3.63) is 52.0 Å². The molecule has 0 bridgehead atoms. The first kappa shape index (κ1) is 24.4. The summed E-state index contributed by atoms with van der Waals surface area (Å²) in [6.45, 7) is -0.394. The molecule has 1 aromatic carbocycles. The molecule has 0 aliphatic carbocycles. The van der Waals surface area contributed by atoms with Crippen LogP contribution in [0, 0.1) is 5.82 Å². The Hall–Kier alpha value is -1.84. The van der Waals surface area contributed by atoms with Gasteiger partial charge in [0.05, 0.1) is 24.7 Å². The largest absolute Gasteiger partial charge is 0.469 e. The Balaban J connectivity index is 2.10. The van der Waals surface area contributed by atoms with Gasteiger partial charge in [0.1, 0.15) is 5.82 Å². The molecule has 0 saturated heterocycles. The first-order chi connectivity index (χ1) is 14.4. The Morgan fingerprint density at radius 1 is 1.10 bits per heavy atom. The Labute approximate surface area is 180 Å². The van der Waals surface area contributed by atoms with Crippen molar-refractivity contribution >= 4 is 27.3 Å². The maximum atomic E-state index is 13.1. The van der Waals surface area contributed by atoms with Gasteiger partial charge < -0.3 is 4.74 Å². The topological polar surface area (TPSA) is 72.5 Å². The van der Waals surface area contributed by atoms with Crippen molar-refractivity contribution < 1.29 is 26.7 Å². The molecule has 0 aliphatic rings. The lowest BCUT2D eigenvalue weighted by Gasteiger charge is -2.18. The summed E-state index contributed by atoms with van der Waals surface area (Å²) in [6.07, 6.45) is 3.99. The van der Waals surface area contributed by atoms with Crippen LogP contribution in [-0.2, 0) is 26.0 Å². The van der Waals surface area contributed by atoms with Crippen molar-refractivity contribution in [2.45, 2.75) is 55.9 Å². The Morgan fingerprint density at radius 3 is 2.50 bits per heavy atom. The van der Waals surface area contributed by atoms with Gasteiger partial charge in [0.2, 0.25) is 10.0 Å². The number of methoxy groups -OCH3 is 1. The van der Waals surface area contributed by atoms with Crippen LogP contribution in [0.1, 0.15) is 54.3 Å². The summed E-state index contributed by atoms with van der Waals surface area (Å²) < 4.78 is 58.4. The molecule has 166 valence electrons. The fraction of sp³-hybridized carbons (Fsp3) is 0.476. The van der Waals surface area contributed by atoms with Gasteiger partial charge in [0.25, 0.3) is 0 Å². The highest BCUT2D eigenvalue weighted by Crippen LogP contribution is 2.30. The van der Waals surface area contributed by atoms with Gasteiger partial charge in [-0.25, -0.2) is 17.5 Å². The number of carbonyl (C=O) groups excluding carboxylic acids is 1. The predicted octanol–water partition coefficient (Wildman–Crippen LogP) is 4.93. The number of benzene rings is 1. The second-order valence-corrected chi connectivity index (χ2v) is 9.81. The van der Waals surface area contributed by atoms with Crippen LogP contribution in [0.4, 0.5) is 8.78 Å². The third-order valence-electron chi connectivity index (χ3n) is 4.61. The maximum absolute atomic E-state index is 13.1. The van der Waals surface area contributed by atoms with Crippen molar-refractivity contribution in [1.29, 1.82) is 0 Å². The molecule has 1 atom stereocenters. The minimum atomic E-state index is -3.83. The van der Waals surface area contributed by atoms with Crippen LogP contribution in [0.3, 0.4) is 0 Å². The molecule has 30 heavy (non-hydrogen) atoms. The van der Waals surface area contributed by atoms with Gasteiger partial charge in [0.15, 0.2) is 0 Å². The summed E-state index contributed by atoms with van der Waals surface area (Å²) in [5.74, 6) is -0.767. The van der Waals surface area contributed by atoms with E-state index in [0.29, 0.717) is 44.9 Å². The number of alkyl halides is 1. The summed E-state index contributed by atoms with van der Waals surface area (Å²) in [7, 11) is -2.48. The lowest BCUT2D eigenvalue weighted by atomic mass is 10.1. The van der Waals surface area contributed by atoms with Crippen molar-refractivity contribution in [2.75, 3.05) is 13.8 Å². The SMILES string of the molecule is COC(=O)CCCc1ccc(C(CCCCCF)NS(=O)(=O)c2ccc(F)cc2)s1. The zero-order valence-corrected chi connectivity index (χ0v) is 18.5. The molecule has 0 aliphatic heterocycles. The Bertz CT molecular complexity index is 898. The van der Waals surface area contributed by atoms with Crippen LogP contribution in [0.25, 0.3) is 0 Å². The Kier molecular flexibility index (Phi) is 9.87.